The van der Waals surface area contributed by atoms with E-state index in [0.717, 1.165) is 24.6 Å². The Balaban J connectivity index is 0.000000238. The van der Waals surface area contributed by atoms with E-state index < -0.39 is 53.7 Å². The molecule has 6 rings (SSSR count). The van der Waals surface area contributed by atoms with Gasteiger partial charge in [0.05, 0.1) is 20.3 Å². The number of carbonyl (C=O) groups excluding carboxylic acids is 7. The molecule has 0 unspecified atom stereocenters. The van der Waals surface area contributed by atoms with Gasteiger partial charge in [-0.15, -0.1) is 24.7 Å². The molecule has 0 aliphatic heterocycles. The van der Waals surface area contributed by atoms with Gasteiger partial charge in [0.25, 0.3) is 11.8 Å². The minimum atomic E-state index is -1.08. The first-order valence-electron chi connectivity index (χ1n) is 20.5. The number of aromatic nitrogens is 2. The number of Topliss-reactive ketones (excluding diaryl/α,β-unsaturated/α-hetero) is 2. The van der Waals surface area contributed by atoms with Crippen molar-refractivity contribution in [2.24, 2.45) is 17.6 Å². The van der Waals surface area contributed by atoms with Crippen LogP contribution in [0.15, 0.2) is 48.5 Å². The summed E-state index contributed by atoms with van der Waals surface area (Å²) in [7, 11) is 3.07. The molecule has 63 heavy (non-hydrogen) atoms. The highest BCUT2D eigenvalue weighted by molar-refractivity contribution is 6.03. The molecule has 0 bridgehead atoms. The number of amides is 5. The molecule has 6 atom stereocenters. The van der Waals surface area contributed by atoms with Crippen LogP contribution >= 0.6 is 0 Å². The fourth-order valence-corrected chi connectivity index (χ4v) is 7.76. The number of nitrogens with one attached hydrogen (secondary N) is 6. The van der Waals surface area contributed by atoms with Crippen molar-refractivity contribution < 1.29 is 43.0 Å². The second-order valence-corrected chi connectivity index (χ2v) is 15.3. The topological polar surface area (TPSA) is 267 Å². The fraction of sp³-hybridized carbons (Fsp3) is 0.391. The van der Waals surface area contributed by atoms with Crippen molar-refractivity contribution >= 4 is 62.9 Å². The summed E-state index contributed by atoms with van der Waals surface area (Å²) >= 11 is 0. The lowest BCUT2D eigenvalue weighted by atomic mass is 9.96. The van der Waals surface area contributed by atoms with Crippen LogP contribution in [0.2, 0.25) is 0 Å². The van der Waals surface area contributed by atoms with E-state index in [1.165, 1.54) is 7.11 Å². The van der Waals surface area contributed by atoms with Gasteiger partial charge in [0, 0.05) is 59.3 Å². The molecule has 328 valence electrons. The van der Waals surface area contributed by atoms with Crippen molar-refractivity contribution in [3.8, 4) is 42.3 Å². The summed E-state index contributed by atoms with van der Waals surface area (Å²) in [5.41, 5.74) is 7.33. The molecule has 0 saturated heterocycles. The molecule has 2 aromatic carbocycles. The average molecular weight is 859 g/mol. The number of terminal acetylenes is 2. The van der Waals surface area contributed by atoms with E-state index in [0.29, 0.717) is 47.2 Å². The number of hydrogen-bond donors (Lipinski definition) is 7. The molecule has 0 spiro atoms. The van der Waals surface area contributed by atoms with Crippen molar-refractivity contribution in [1.29, 1.82) is 5.26 Å². The van der Waals surface area contributed by atoms with Gasteiger partial charge in [0.1, 0.15) is 58.6 Å². The number of nitrogens with zero attached hydrogens (tertiary/aromatic N) is 1. The number of primary amides is 1. The predicted octanol–water partition coefficient (Wildman–Crippen LogP) is 3.09. The third-order valence-corrected chi connectivity index (χ3v) is 11.1. The summed E-state index contributed by atoms with van der Waals surface area (Å²) in [6.45, 7) is 0. The Morgan fingerprint density at radius 1 is 0.730 bits per heavy atom. The first-order valence-corrected chi connectivity index (χ1v) is 20.5. The van der Waals surface area contributed by atoms with Crippen LogP contribution in [-0.2, 0) is 24.0 Å². The highest BCUT2D eigenvalue weighted by Crippen LogP contribution is 2.29. The summed E-state index contributed by atoms with van der Waals surface area (Å²) < 4.78 is 10.6. The molecular formula is C46H50N8O9. The summed E-state index contributed by atoms with van der Waals surface area (Å²) in [5.74, 6) is 2.62. The molecule has 17 heteroatoms. The van der Waals surface area contributed by atoms with Gasteiger partial charge < -0.3 is 46.4 Å². The number of hydrogen-bond acceptors (Lipinski definition) is 10. The van der Waals surface area contributed by atoms with Crippen molar-refractivity contribution in [1.82, 2.24) is 31.2 Å². The largest absolute Gasteiger partial charge is 0.496 e. The summed E-state index contributed by atoms with van der Waals surface area (Å²) in [4.78, 5) is 92.6. The molecule has 8 N–H and O–H groups in total. The molecule has 5 amide bonds. The van der Waals surface area contributed by atoms with Crippen LogP contribution in [0.1, 0.15) is 85.2 Å². The standard InChI is InChI=1S/C23H26N4O5.C23H24N4O4/c1-3-6-16(22(30)27-17(21(24)29)11-13-7-4-9-19(13)28)26-23(31)18-12-14-15(25-18)8-5-10-20(14)32-2;1-3-6-18(22(29)25-15(13-24)11-14-7-4-9-20(14)28)27-23(30)19-12-16-17(26-19)8-5-10-21(16)31-2/h1,5,8,10,12-13,16-17,25H,4,6-7,9,11H2,2H3,(H2,24,29)(H,26,31)(H,27,30);1,5,8,10,12,14-15,18,26H,4,6-7,9,11H2,2H3,(H,25,29)(H,27,30)/t13-,16-,17-;14-,15-,18-/m00/s1. The SMILES string of the molecule is C#CC[C@H](NC(=O)c1cc2c(OC)cccc2[nH]1)C(=O)N[C@@H](C[C@@H]1CCCC1=O)C(N)=O.C#CC[C@H](NC(=O)c1cc2c(OC)cccc2[nH]1)C(=O)N[C@H](C#N)C[C@@H]1CCCC1=O. The molecule has 2 aliphatic carbocycles. The molecule has 2 aromatic heterocycles. The Kier molecular flexibility index (Phi) is 16.1. The zero-order chi connectivity index (χ0) is 45.6. The van der Waals surface area contributed by atoms with Crippen LogP contribution in [0, 0.1) is 47.9 Å². The Labute approximate surface area is 364 Å². The van der Waals surface area contributed by atoms with E-state index in [-0.39, 0.29) is 60.5 Å². The number of benzene rings is 2. The first-order chi connectivity index (χ1) is 30.3. The second-order valence-electron chi connectivity index (χ2n) is 15.3. The molecule has 2 heterocycles. The van der Waals surface area contributed by atoms with E-state index in [2.05, 4.69) is 43.1 Å². The first kappa shape index (κ1) is 46.5. The smallest absolute Gasteiger partial charge is 0.268 e. The van der Waals surface area contributed by atoms with Crippen LogP contribution in [0.4, 0.5) is 0 Å². The minimum absolute atomic E-state index is 0.0400. The maximum Gasteiger partial charge on any atom is 0.268 e. The van der Waals surface area contributed by atoms with E-state index in [1.54, 1.807) is 49.6 Å². The van der Waals surface area contributed by atoms with E-state index in [4.69, 9.17) is 28.1 Å². The van der Waals surface area contributed by atoms with Gasteiger partial charge in [-0.2, -0.15) is 5.26 Å². The maximum absolute atomic E-state index is 12.8. The lowest BCUT2D eigenvalue weighted by molar-refractivity contribution is -0.129. The van der Waals surface area contributed by atoms with Crippen LogP contribution in [0.25, 0.3) is 21.8 Å². The van der Waals surface area contributed by atoms with Gasteiger partial charge in [0.15, 0.2) is 0 Å². The molecule has 2 saturated carbocycles. The summed E-state index contributed by atoms with van der Waals surface area (Å²) in [6.07, 6.45) is 15.0. The number of fused-ring (bicyclic) bond motifs is 2. The van der Waals surface area contributed by atoms with E-state index in [1.807, 2.05) is 12.1 Å². The number of H-pyrrole nitrogens is 2. The van der Waals surface area contributed by atoms with Crippen molar-refractivity contribution in [2.75, 3.05) is 14.2 Å². The Morgan fingerprint density at radius 3 is 1.59 bits per heavy atom. The zero-order valence-electron chi connectivity index (χ0n) is 35.0. The maximum atomic E-state index is 12.8. The van der Waals surface area contributed by atoms with Gasteiger partial charge in [0.2, 0.25) is 17.7 Å². The Bertz CT molecular complexity index is 2500. The number of ketones is 2. The minimum Gasteiger partial charge on any atom is -0.496 e. The van der Waals surface area contributed by atoms with E-state index in [9.17, 15) is 38.8 Å². The van der Waals surface area contributed by atoms with Crippen LogP contribution < -0.4 is 36.5 Å². The Morgan fingerprint density at radius 2 is 1.19 bits per heavy atom. The second kappa shape index (κ2) is 21.8. The lowest BCUT2D eigenvalue weighted by Gasteiger charge is -2.22. The van der Waals surface area contributed by atoms with Gasteiger partial charge >= 0.3 is 0 Å². The van der Waals surface area contributed by atoms with Gasteiger partial charge in [-0.05, 0) is 74.9 Å². The highest BCUT2D eigenvalue weighted by Gasteiger charge is 2.33. The van der Waals surface area contributed by atoms with Crippen LogP contribution in [0.3, 0.4) is 0 Å². The highest BCUT2D eigenvalue weighted by atomic mass is 16.5. The monoisotopic (exact) mass is 858 g/mol. The van der Waals surface area contributed by atoms with E-state index >= 15 is 0 Å². The predicted molar refractivity (Wildman–Crippen MR) is 232 cm³/mol. The summed E-state index contributed by atoms with van der Waals surface area (Å²) in [5, 5.41) is 21.2. The van der Waals surface area contributed by atoms with Crippen molar-refractivity contribution in [3.63, 3.8) is 0 Å². The van der Waals surface area contributed by atoms with Gasteiger partial charge in [-0.3, -0.25) is 33.6 Å². The van der Waals surface area contributed by atoms with Crippen LogP contribution in [-0.4, -0.2) is 89.5 Å². The van der Waals surface area contributed by atoms with Crippen molar-refractivity contribution in [2.45, 2.75) is 88.4 Å². The van der Waals surface area contributed by atoms with Gasteiger partial charge in [-0.25, -0.2) is 0 Å². The number of nitriles is 1. The number of aromatic amines is 2. The molecular weight excluding hydrogens is 809 g/mol. The lowest BCUT2D eigenvalue weighted by Crippen LogP contribution is -2.53. The molecule has 4 aromatic rings. The number of rotatable bonds is 17. The fourth-order valence-electron chi connectivity index (χ4n) is 7.76. The molecule has 2 aliphatic rings. The summed E-state index contributed by atoms with van der Waals surface area (Å²) in [6, 6.07) is 12.1. The molecule has 0 radical (unpaired) electrons. The number of methoxy groups -OCH3 is 2. The van der Waals surface area contributed by atoms with Gasteiger partial charge in [-0.1, -0.05) is 12.1 Å². The third-order valence-electron chi connectivity index (χ3n) is 11.1. The Hall–Kier alpha value is -7.58. The van der Waals surface area contributed by atoms with Crippen molar-refractivity contribution in [3.05, 3.63) is 59.9 Å². The quantitative estimate of drug-likeness (QED) is 0.0763. The number of carbonyl (C=O) groups is 7. The normalized spacial score (nSPS) is 17.4. The number of ether oxygens (including phenoxy) is 2. The average Bonchev–Trinajstić information content (AvgIpc) is 4.10. The molecule has 2 fully saturated rings. The zero-order valence-corrected chi connectivity index (χ0v) is 35.0. The molecule has 17 nitrogen and oxygen atoms in total. The third kappa shape index (κ3) is 11.8. The number of nitrogens with two attached hydrogens (primary N) is 1. The van der Waals surface area contributed by atoms with Crippen LogP contribution in [0.5, 0.6) is 11.5 Å².